The van der Waals surface area contributed by atoms with Crippen molar-refractivity contribution in [1.29, 1.82) is 0 Å². The van der Waals surface area contributed by atoms with Gasteiger partial charge < -0.3 is 9.84 Å². The third kappa shape index (κ3) is 2.45. The van der Waals surface area contributed by atoms with Crippen LogP contribution in [0, 0.1) is 12.7 Å². The Morgan fingerprint density at radius 3 is 2.80 bits per heavy atom. The minimum Gasteiger partial charge on any atom is -0.485 e. The zero-order valence-electron chi connectivity index (χ0n) is 10.9. The lowest BCUT2D eigenvalue weighted by molar-refractivity contribution is 0.0653. The average Bonchev–Trinajstić information content (AvgIpc) is 2.41. The summed E-state index contributed by atoms with van der Waals surface area (Å²) in [5.74, 6) is 0.0675. The molecule has 4 heteroatoms. The van der Waals surface area contributed by atoms with Crippen molar-refractivity contribution in [2.75, 3.05) is 0 Å². The van der Waals surface area contributed by atoms with Gasteiger partial charge in [0, 0.05) is 22.5 Å². The van der Waals surface area contributed by atoms with Gasteiger partial charge in [0.2, 0.25) is 0 Å². The molecule has 3 rings (SSSR count). The second-order valence-corrected chi connectivity index (χ2v) is 5.90. The molecule has 0 spiro atoms. The van der Waals surface area contributed by atoms with E-state index < -0.39 is 6.10 Å². The maximum Gasteiger partial charge on any atom is 0.128 e. The number of aliphatic hydroxyl groups excluding tert-OH is 1. The van der Waals surface area contributed by atoms with E-state index in [1.807, 2.05) is 25.1 Å². The van der Waals surface area contributed by atoms with Crippen molar-refractivity contribution in [3.05, 3.63) is 63.4 Å². The van der Waals surface area contributed by atoms with Crippen LogP contribution in [0.2, 0.25) is 0 Å². The van der Waals surface area contributed by atoms with Crippen LogP contribution in [0.4, 0.5) is 4.39 Å². The summed E-state index contributed by atoms with van der Waals surface area (Å²) >= 11 is 3.46. The summed E-state index contributed by atoms with van der Waals surface area (Å²) in [6.45, 7) is 2.00. The van der Waals surface area contributed by atoms with Crippen molar-refractivity contribution < 1.29 is 14.2 Å². The number of hydrogen-bond acceptors (Lipinski definition) is 2. The average molecular weight is 337 g/mol. The van der Waals surface area contributed by atoms with E-state index in [1.165, 1.54) is 12.1 Å². The topological polar surface area (TPSA) is 29.5 Å². The van der Waals surface area contributed by atoms with Crippen molar-refractivity contribution in [2.45, 2.75) is 25.6 Å². The summed E-state index contributed by atoms with van der Waals surface area (Å²) in [4.78, 5) is 0. The van der Waals surface area contributed by atoms with Gasteiger partial charge in [0.1, 0.15) is 17.7 Å². The van der Waals surface area contributed by atoms with Crippen molar-refractivity contribution in [1.82, 2.24) is 0 Å². The van der Waals surface area contributed by atoms with Gasteiger partial charge in [-0.2, -0.15) is 0 Å². The Morgan fingerprint density at radius 1 is 1.25 bits per heavy atom. The second-order valence-electron chi connectivity index (χ2n) is 5.05. The largest absolute Gasteiger partial charge is 0.485 e. The molecule has 2 nitrogen and oxygen atoms in total. The minimum atomic E-state index is -0.631. The van der Waals surface area contributed by atoms with Crippen molar-refractivity contribution in [3.8, 4) is 5.75 Å². The molecule has 2 aromatic carbocycles. The van der Waals surface area contributed by atoms with Gasteiger partial charge in [0.25, 0.3) is 0 Å². The van der Waals surface area contributed by atoms with Gasteiger partial charge in [-0.25, -0.2) is 4.39 Å². The lowest BCUT2D eigenvalue weighted by Crippen LogP contribution is -2.19. The number of aliphatic hydroxyl groups is 1. The molecule has 1 N–H and O–H groups in total. The van der Waals surface area contributed by atoms with Crippen molar-refractivity contribution >= 4 is 15.9 Å². The quantitative estimate of drug-likeness (QED) is 0.833. The Bertz CT molecular complexity index is 657. The highest BCUT2D eigenvalue weighted by Gasteiger charge is 2.28. The molecule has 1 unspecified atom stereocenters. The van der Waals surface area contributed by atoms with Crippen LogP contribution < -0.4 is 4.74 Å². The summed E-state index contributed by atoms with van der Waals surface area (Å²) in [6.07, 6.45) is -0.418. The fourth-order valence-corrected chi connectivity index (χ4v) is 2.74. The molecule has 0 aliphatic carbocycles. The van der Waals surface area contributed by atoms with E-state index in [2.05, 4.69) is 15.9 Å². The molecular formula is C16H14BrFO2. The van der Waals surface area contributed by atoms with Crippen molar-refractivity contribution in [3.63, 3.8) is 0 Å². The molecule has 104 valence electrons. The van der Waals surface area contributed by atoms with Crippen LogP contribution in [-0.4, -0.2) is 5.11 Å². The van der Waals surface area contributed by atoms with E-state index in [9.17, 15) is 9.50 Å². The molecule has 0 fully saturated rings. The number of benzene rings is 2. The molecule has 0 saturated heterocycles. The Morgan fingerprint density at radius 2 is 2.05 bits per heavy atom. The lowest BCUT2D eigenvalue weighted by atomic mass is 9.94. The predicted molar refractivity (Wildman–Crippen MR) is 78.2 cm³/mol. The van der Waals surface area contributed by atoms with Gasteiger partial charge in [-0.1, -0.05) is 28.1 Å². The zero-order chi connectivity index (χ0) is 14.3. The molecule has 1 aliphatic rings. The normalized spacial score (nSPS) is 21.2. The number of ether oxygens (including phenoxy) is 1. The molecule has 20 heavy (non-hydrogen) atoms. The molecular weight excluding hydrogens is 323 g/mol. The van der Waals surface area contributed by atoms with Gasteiger partial charge >= 0.3 is 0 Å². The van der Waals surface area contributed by atoms with Crippen molar-refractivity contribution in [2.24, 2.45) is 0 Å². The van der Waals surface area contributed by atoms with Gasteiger partial charge in [-0.3, -0.25) is 0 Å². The zero-order valence-corrected chi connectivity index (χ0v) is 12.5. The summed E-state index contributed by atoms with van der Waals surface area (Å²) in [7, 11) is 0. The Balaban J connectivity index is 1.96. The summed E-state index contributed by atoms with van der Waals surface area (Å²) in [5.41, 5.74) is 2.74. The molecule has 0 amide bonds. The first-order valence-corrected chi connectivity index (χ1v) is 7.24. The van der Waals surface area contributed by atoms with E-state index in [-0.39, 0.29) is 11.9 Å². The van der Waals surface area contributed by atoms with Crippen LogP contribution in [0.15, 0.2) is 40.9 Å². The highest BCUT2D eigenvalue weighted by atomic mass is 79.9. The van der Waals surface area contributed by atoms with Gasteiger partial charge in [-0.15, -0.1) is 0 Å². The number of rotatable bonds is 1. The SMILES string of the molecule is Cc1cc(C2C[C@@H](O)c3ccc(F)cc3O2)ccc1Br. The number of aryl methyl sites for hydroxylation is 1. The second kappa shape index (κ2) is 5.19. The molecule has 0 aromatic heterocycles. The van der Waals surface area contributed by atoms with Crippen LogP contribution in [0.5, 0.6) is 5.75 Å². The Kier molecular flexibility index (Phi) is 3.52. The van der Waals surface area contributed by atoms with Crippen LogP contribution in [0.1, 0.15) is 35.3 Å². The highest BCUT2D eigenvalue weighted by Crippen LogP contribution is 2.41. The van der Waals surface area contributed by atoms with Gasteiger partial charge in [0.15, 0.2) is 0 Å². The Hall–Kier alpha value is -1.39. The fourth-order valence-electron chi connectivity index (χ4n) is 2.49. The van der Waals surface area contributed by atoms with Crippen LogP contribution in [0.25, 0.3) is 0 Å². The molecule has 0 bridgehead atoms. The molecule has 1 heterocycles. The lowest BCUT2D eigenvalue weighted by Gasteiger charge is -2.30. The monoisotopic (exact) mass is 336 g/mol. The standard InChI is InChI=1S/C16H14BrFO2/c1-9-6-10(2-5-13(9)17)15-8-14(19)12-4-3-11(18)7-16(12)20-15/h2-7,14-15,19H,8H2,1H3/t14-,15?/m1/s1. The number of fused-ring (bicyclic) bond motifs is 1. The smallest absolute Gasteiger partial charge is 0.128 e. The predicted octanol–water partition coefficient (Wildman–Crippen LogP) is 4.45. The molecule has 1 aliphatic heterocycles. The first-order valence-electron chi connectivity index (χ1n) is 6.45. The Labute approximate surface area is 125 Å². The van der Waals surface area contributed by atoms with E-state index in [1.54, 1.807) is 6.07 Å². The first kappa shape index (κ1) is 13.6. The summed E-state index contributed by atoms with van der Waals surface area (Å²) in [6, 6.07) is 10.2. The summed E-state index contributed by atoms with van der Waals surface area (Å²) in [5, 5.41) is 10.2. The van der Waals surface area contributed by atoms with E-state index in [4.69, 9.17) is 4.74 Å². The van der Waals surface area contributed by atoms with E-state index in [0.29, 0.717) is 17.7 Å². The van der Waals surface area contributed by atoms with Crippen LogP contribution in [-0.2, 0) is 0 Å². The number of halogens is 2. The summed E-state index contributed by atoms with van der Waals surface area (Å²) < 4.78 is 20.2. The first-order chi connectivity index (χ1) is 9.54. The molecule has 2 atom stereocenters. The maximum absolute atomic E-state index is 13.3. The third-order valence-electron chi connectivity index (χ3n) is 3.59. The maximum atomic E-state index is 13.3. The van der Waals surface area contributed by atoms with Crippen LogP contribution >= 0.6 is 15.9 Å². The molecule has 0 radical (unpaired) electrons. The number of hydrogen-bond donors (Lipinski definition) is 1. The van der Waals surface area contributed by atoms with Gasteiger partial charge in [-0.05, 0) is 36.2 Å². The van der Waals surface area contributed by atoms with Gasteiger partial charge in [0.05, 0.1) is 6.10 Å². The van der Waals surface area contributed by atoms with E-state index >= 15 is 0 Å². The van der Waals surface area contributed by atoms with E-state index in [0.717, 1.165) is 15.6 Å². The highest BCUT2D eigenvalue weighted by molar-refractivity contribution is 9.10. The minimum absolute atomic E-state index is 0.258. The molecule has 0 saturated carbocycles. The molecule has 2 aromatic rings. The third-order valence-corrected chi connectivity index (χ3v) is 4.48. The van der Waals surface area contributed by atoms with Crippen LogP contribution in [0.3, 0.4) is 0 Å². The fraction of sp³-hybridized carbons (Fsp3) is 0.250.